The summed E-state index contributed by atoms with van der Waals surface area (Å²) in [6, 6.07) is 16.8. The van der Waals surface area contributed by atoms with E-state index in [0.717, 1.165) is 27.9 Å². The van der Waals surface area contributed by atoms with Crippen LogP contribution in [0.1, 0.15) is 32.6 Å². The molecule has 4 nitrogen and oxygen atoms in total. The molecule has 0 bridgehead atoms. The molecule has 0 aromatic heterocycles. The summed E-state index contributed by atoms with van der Waals surface area (Å²) in [5.41, 5.74) is 5.24. The van der Waals surface area contributed by atoms with Crippen LogP contribution in [-0.4, -0.2) is 13.0 Å². The summed E-state index contributed by atoms with van der Waals surface area (Å²) in [6.07, 6.45) is 0. The van der Waals surface area contributed by atoms with Crippen molar-refractivity contribution < 1.29 is 14.3 Å². The predicted molar refractivity (Wildman–Crippen MR) is 117 cm³/mol. The highest BCUT2D eigenvalue weighted by molar-refractivity contribution is 6.31. The Morgan fingerprint density at radius 3 is 2.34 bits per heavy atom. The zero-order valence-corrected chi connectivity index (χ0v) is 17.8. The lowest BCUT2D eigenvalue weighted by atomic mass is 10.1. The minimum atomic E-state index is -0.179. The minimum absolute atomic E-state index is 0.179. The molecule has 0 aliphatic carbocycles. The van der Waals surface area contributed by atoms with Crippen molar-refractivity contribution in [1.82, 2.24) is 0 Å². The first-order valence-electron chi connectivity index (χ1n) is 9.31. The minimum Gasteiger partial charge on any atom is -0.496 e. The Balaban J connectivity index is 1.78. The molecule has 5 heteroatoms. The zero-order chi connectivity index (χ0) is 21.0. The molecule has 0 fully saturated rings. The highest BCUT2D eigenvalue weighted by atomic mass is 35.5. The molecule has 3 aromatic carbocycles. The van der Waals surface area contributed by atoms with E-state index in [0.29, 0.717) is 22.1 Å². The number of amides is 1. The number of benzene rings is 3. The van der Waals surface area contributed by atoms with Crippen LogP contribution < -0.4 is 14.8 Å². The molecule has 0 atom stereocenters. The third-order valence-corrected chi connectivity index (χ3v) is 4.97. The van der Waals surface area contributed by atoms with Crippen molar-refractivity contribution >= 4 is 23.2 Å². The van der Waals surface area contributed by atoms with Crippen LogP contribution in [0.4, 0.5) is 5.69 Å². The van der Waals surface area contributed by atoms with Crippen molar-refractivity contribution in [3.63, 3.8) is 0 Å². The van der Waals surface area contributed by atoms with Gasteiger partial charge in [0.05, 0.1) is 7.11 Å². The first kappa shape index (κ1) is 20.7. The Labute approximate surface area is 176 Å². The van der Waals surface area contributed by atoms with Gasteiger partial charge in [-0.1, -0.05) is 17.7 Å². The number of hydrogen-bond donors (Lipinski definition) is 1. The van der Waals surface area contributed by atoms with Crippen LogP contribution in [0.3, 0.4) is 0 Å². The van der Waals surface area contributed by atoms with E-state index in [-0.39, 0.29) is 12.5 Å². The normalized spacial score (nSPS) is 10.5. The van der Waals surface area contributed by atoms with Gasteiger partial charge in [0, 0.05) is 21.8 Å². The number of carbonyl (C=O) groups excluding carboxylic acids is 1. The third kappa shape index (κ3) is 5.30. The molecule has 0 unspecified atom stereocenters. The second-order valence-corrected chi connectivity index (χ2v) is 7.46. The average Bonchev–Trinajstić information content (AvgIpc) is 2.67. The Morgan fingerprint density at radius 1 is 0.966 bits per heavy atom. The summed E-state index contributed by atoms with van der Waals surface area (Å²) >= 11 is 6.07. The molecule has 0 radical (unpaired) electrons. The fraction of sp³-hybridized carbons (Fsp3) is 0.208. The monoisotopic (exact) mass is 409 g/mol. The van der Waals surface area contributed by atoms with Crippen molar-refractivity contribution in [3.05, 3.63) is 87.4 Å². The van der Waals surface area contributed by atoms with Crippen LogP contribution >= 0.6 is 11.6 Å². The van der Waals surface area contributed by atoms with Gasteiger partial charge in [0.15, 0.2) is 0 Å². The maximum absolute atomic E-state index is 12.7. The number of aryl methyl sites for hydroxylation is 3. The summed E-state index contributed by atoms with van der Waals surface area (Å²) in [6.45, 7) is 6.20. The van der Waals surface area contributed by atoms with E-state index >= 15 is 0 Å². The van der Waals surface area contributed by atoms with Gasteiger partial charge in [0.25, 0.3) is 5.91 Å². The van der Waals surface area contributed by atoms with Crippen LogP contribution in [0.15, 0.2) is 54.6 Å². The van der Waals surface area contributed by atoms with E-state index in [1.807, 2.05) is 45.0 Å². The fourth-order valence-electron chi connectivity index (χ4n) is 3.15. The lowest BCUT2D eigenvalue weighted by Crippen LogP contribution is -2.13. The molecule has 0 heterocycles. The van der Waals surface area contributed by atoms with Gasteiger partial charge in [-0.25, -0.2) is 0 Å². The number of carbonyl (C=O) groups is 1. The number of anilines is 1. The number of hydrogen-bond acceptors (Lipinski definition) is 3. The molecule has 0 spiro atoms. The summed E-state index contributed by atoms with van der Waals surface area (Å²) in [5, 5.41) is 3.65. The molecular weight excluding hydrogens is 386 g/mol. The van der Waals surface area contributed by atoms with E-state index in [4.69, 9.17) is 21.1 Å². The van der Waals surface area contributed by atoms with Crippen molar-refractivity contribution in [3.8, 4) is 11.5 Å². The lowest BCUT2D eigenvalue weighted by Gasteiger charge is -2.13. The highest BCUT2D eigenvalue weighted by Crippen LogP contribution is 2.25. The highest BCUT2D eigenvalue weighted by Gasteiger charge is 2.12. The molecule has 0 aliphatic rings. The van der Waals surface area contributed by atoms with Gasteiger partial charge in [0.1, 0.15) is 18.1 Å². The van der Waals surface area contributed by atoms with Crippen molar-refractivity contribution in [2.24, 2.45) is 0 Å². The Hall–Kier alpha value is -2.98. The standard InChI is InChI=1S/C24H24ClNO3/c1-15-9-16(2)11-20(10-15)26-24(27)18-5-8-23(28-4)19(13-18)14-29-21-6-7-22(25)17(3)12-21/h5-13H,14H2,1-4H3,(H,26,27). The van der Waals surface area contributed by atoms with E-state index in [2.05, 4.69) is 11.4 Å². The van der Waals surface area contributed by atoms with Crippen LogP contribution in [0.5, 0.6) is 11.5 Å². The summed E-state index contributed by atoms with van der Waals surface area (Å²) in [4.78, 5) is 12.7. The number of halogens is 1. The Kier molecular flexibility index (Phi) is 6.45. The number of rotatable bonds is 6. The molecule has 150 valence electrons. The molecule has 3 rings (SSSR count). The van der Waals surface area contributed by atoms with Crippen LogP contribution in [0.2, 0.25) is 5.02 Å². The van der Waals surface area contributed by atoms with Gasteiger partial charge in [-0.3, -0.25) is 4.79 Å². The van der Waals surface area contributed by atoms with Gasteiger partial charge in [-0.05, 0) is 86.0 Å². The number of methoxy groups -OCH3 is 1. The first-order valence-corrected chi connectivity index (χ1v) is 9.69. The summed E-state index contributed by atoms with van der Waals surface area (Å²) in [5.74, 6) is 1.19. The van der Waals surface area contributed by atoms with Crippen molar-refractivity contribution in [1.29, 1.82) is 0 Å². The van der Waals surface area contributed by atoms with Crippen LogP contribution in [-0.2, 0) is 6.61 Å². The quantitative estimate of drug-likeness (QED) is 0.534. The number of nitrogens with one attached hydrogen (secondary N) is 1. The topological polar surface area (TPSA) is 47.6 Å². The second kappa shape index (κ2) is 9.01. The molecule has 1 amide bonds. The van der Waals surface area contributed by atoms with Crippen LogP contribution in [0.25, 0.3) is 0 Å². The maximum atomic E-state index is 12.7. The summed E-state index contributed by atoms with van der Waals surface area (Å²) < 4.78 is 11.3. The van der Waals surface area contributed by atoms with Gasteiger partial charge in [-0.2, -0.15) is 0 Å². The maximum Gasteiger partial charge on any atom is 0.255 e. The zero-order valence-electron chi connectivity index (χ0n) is 17.0. The Morgan fingerprint density at radius 2 is 1.69 bits per heavy atom. The third-order valence-electron chi connectivity index (χ3n) is 4.55. The van der Waals surface area contributed by atoms with E-state index in [9.17, 15) is 4.79 Å². The fourth-order valence-corrected chi connectivity index (χ4v) is 3.27. The average molecular weight is 410 g/mol. The molecular formula is C24H24ClNO3. The Bertz CT molecular complexity index is 1030. The number of ether oxygens (including phenoxy) is 2. The molecule has 0 aliphatic heterocycles. The van der Waals surface area contributed by atoms with Gasteiger partial charge in [0.2, 0.25) is 0 Å². The molecule has 29 heavy (non-hydrogen) atoms. The predicted octanol–water partition coefficient (Wildman–Crippen LogP) is 6.11. The SMILES string of the molecule is COc1ccc(C(=O)Nc2cc(C)cc(C)c2)cc1COc1ccc(Cl)c(C)c1. The summed E-state index contributed by atoms with van der Waals surface area (Å²) in [7, 11) is 1.60. The molecule has 0 saturated heterocycles. The first-order chi connectivity index (χ1) is 13.9. The van der Waals surface area contributed by atoms with Crippen LogP contribution in [0, 0.1) is 20.8 Å². The second-order valence-electron chi connectivity index (χ2n) is 7.06. The van der Waals surface area contributed by atoms with E-state index in [1.54, 1.807) is 31.4 Å². The largest absolute Gasteiger partial charge is 0.496 e. The molecule has 1 N–H and O–H groups in total. The van der Waals surface area contributed by atoms with Crippen molar-refractivity contribution in [2.45, 2.75) is 27.4 Å². The van der Waals surface area contributed by atoms with Crippen molar-refractivity contribution in [2.75, 3.05) is 12.4 Å². The molecule has 3 aromatic rings. The van der Waals surface area contributed by atoms with E-state index < -0.39 is 0 Å². The van der Waals surface area contributed by atoms with Gasteiger partial charge in [-0.15, -0.1) is 0 Å². The molecule has 0 saturated carbocycles. The van der Waals surface area contributed by atoms with Gasteiger partial charge < -0.3 is 14.8 Å². The van der Waals surface area contributed by atoms with E-state index in [1.165, 1.54) is 0 Å². The van der Waals surface area contributed by atoms with Gasteiger partial charge >= 0.3 is 0 Å². The smallest absolute Gasteiger partial charge is 0.255 e. The lowest BCUT2D eigenvalue weighted by molar-refractivity contribution is 0.102.